The van der Waals surface area contributed by atoms with Crippen LogP contribution in [0.2, 0.25) is 0 Å². The zero-order chi connectivity index (χ0) is 10.3. The molecular formula is C8H16N2O2S. The maximum atomic E-state index is 11.2. The third kappa shape index (κ3) is 5.52. The summed E-state index contributed by atoms with van der Waals surface area (Å²) in [6.45, 7) is 1.41. The summed E-state index contributed by atoms with van der Waals surface area (Å²) in [6.07, 6.45) is 2.63. The third-order valence-electron chi connectivity index (χ3n) is 1.55. The summed E-state index contributed by atoms with van der Waals surface area (Å²) in [5.74, 6) is 0.553. The molecule has 76 valence electrons. The molecule has 0 saturated heterocycles. The second-order valence-corrected chi connectivity index (χ2v) is 3.63. The van der Waals surface area contributed by atoms with Crippen molar-refractivity contribution >= 4 is 23.6 Å². The molecule has 0 aromatic rings. The second-order valence-electron chi connectivity index (χ2n) is 2.65. The fourth-order valence-corrected chi connectivity index (χ4v) is 1.40. The summed E-state index contributed by atoms with van der Waals surface area (Å²) >= 11 is 1.65. The summed E-state index contributed by atoms with van der Waals surface area (Å²) in [5, 5.41) is 5.12. The van der Waals surface area contributed by atoms with Gasteiger partial charge < -0.3 is 10.6 Å². The Morgan fingerprint density at radius 3 is 2.46 bits per heavy atom. The highest BCUT2D eigenvalue weighted by Gasteiger charge is 2.16. The summed E-state index contributed by atoms with van der Waals surface area (Å²) < 4.78 is 0. The molecular weight excluding hydrogens is 188 g/mol. The predicted molar refractivity (Wildman–Crippen MR) is 54.7 cm³/mol. The Labute approximate surface area is 82.8 Å². The van der Waals surface area contributed by atoms with E-state index in [0.29, 0.717) is 6.42 Å². The molecule has 2 N–H and O–H groups in total. The van der Waals surface area contributed by atoms with Crippen LogP contribution in [0.5, 0.6) is 0 Å². The van der Waals surface area contributed by atoms with Crippen molar-refractivity contribution in [3.63, 3.8) is 0 Å². The lowest BCUT2D eigenvalue weighted by Crippen LogP contribution is -2.45. The Balaban J connectivity index is 4.02. The molecule has 0 fully saturated rings. The molecule has 0 aliphatic carbocycles. The molecule has 0 aromatic heterocycles. The molecule has 0 rings (SSSR count). The lowest BCUT2D eigenvalue weighted by Gasteiger charge is -2.15. The summed E-state index contributed by atoms with van der Waals surface area (Å²) in [5.41, 5.74) is 0. The van der Waals surface area contributed by atoms with Crippen molar-refractivity contribution in [2.75, 3.05) is 19.1 Å². The van der Waals surface area contributed by atoms with Crippen molar-refractivity contribution < 1.29 is 9.59 Å². The smallest absolute Gasteiger partial charge is 0.242 e. The molecule has 0 aliphatic heterocycles. The van der Waals surface area contributed by atoms with Crippen LogP contribution in [0.25, 0.3) is 0 Å². The molecule has 2 amide bonds. The number of carbonyl (C=O) groups is 2. The van der Waals surface area contributed by atoms with Gasteiger partial charge in [0.25, 0.3) is 0 Å². The maximum absolute atomic E-state index is 11.2. The highest BCUT2D eigenvalue weighted by Crippen LogP contribution is 2.00. The number of thioether (sulfide) groups is 1. The quantitative estimate of drug-likeness (QED) is 0.662. The first-order chi connectivity index (χ1) is 6.11. The monoisotopic (exact) mass is 204 g/mol. The maximum Gasteiger partial charge on any atom is 0.242 e. The first kappa shape index (κ1) is 12.3. The van der Waals surface area contributed by atoms with E-state index in [2.05, 4.69) is 10.6 Å². The SMILES string of the molecule is CNC(=O)C(CCSC)NC(C)=O. The van der Waals surface area contributed by atoms with E-state index in [1.165, 1.54) is 6.92 Å². The van der Waals surface area contributed by atoms with E-state index in [1.807, 2.05) is 6.26 Å². The minimum atomic E-state index is -0.394. The molecule has 1 unspecified atom stereocenters. The van der Waals surface area contributed by atoms with E-state index in [4.69, 9.17) is 0 Å². The average Bonchev–Trinajstić information content (AvgIpc) is 2.10. The number of hydrogen-bond acceptors (Lipinski definition) is 3. The van der Waals surface area contributed by atoms with Crippen LogP contribution in [0.15, 0.2) is 0 Å². The molecule has 0 aromatic carbocycles. The van der Waals surface area contributed by atoms with Crippen molar-refractivity contribution in [3.05, 3.63) is 0 Å². The number of amides is 2. The van der Waals surface area contributed by atoms with Gasteiger partial charge in [-0.2, -0.15) is 11.8 Å². The Hall–Kier alpha value is -0.710. The van der Waals surface area contributed by atoms with Crippen LogP contribution in [0.1, 0.15) is 13.3 Å². The molecule has 1 atom stereocenters. The summed E-state index contributed by atoms with van der Waals surface area (Å²) in [6, 6.07) is -0.394. The normalized spacial score (nSPS) is 11.9. The van der Waals surface area contributed by atoms with E-state index >= 15 is 0 Å². The van der Waals surface area contributed by atoms with E-state index < -0.39 is 6.04 Å². The Kier molecular flexibility index (Phi) is 6.40. The van der Waals surface area contributed by atoms with E-state index in [-0.39, 0.29) is 11.8 Å². The summed E-state index contributed by atoms with van der Waals surface area (Å²) in [4.78, 5) is 22.0. The average molecular weight is 204 g/mol. The van der Waals surface area contributed by atoms with Crippen molar-refractivity contribution in [3.8, 4) is 0 Å². The molecule has 0 saturated carbocycles. The van der Waals surface area contributed by atoms with Crippen LogP contribution in [-0.4, -0.2) is 36.9 Å². The number of hydrogen-bond donors (Lipinski definition) is 2. The Bertz CT molecular complexity index is 185. The van der Waals surface area contributed by atoms with Crippen LogP contribution < -0.4 is 10.6 Å². The third-order valence-corrected chi connectivity index (χ3v) is 2.19. The fraction of sp³-hybridized carbons (Fsp3) is 0.750. The van der Waals surface area contributed by atoms with Crippen molar-refractivity contribution in [2.45, 2.75) is 19.4 Å². The molecule has 0 bridgehead atoms. The van der Waals surface area contributed by atoms with E-state index in [0.717, 1.165) is 5.75 Å². The van der Waals surface area contributed by atoms with Gasteiger partial charge in [0.15, 0.2) is 0 Å². The highest BCUT2D eigenvalue weighted by atomic mass is 32.2. The van der Waals surface area contributed by atoms with Crippen molar-refractivity contribution in [1.82, 2.24) is 10.6 Å². The van der Waals surface area contributed by atoms with Crippen LogP contribution in [-0.2, 0) is 9.59 Å². The van der Waals surface area contributed by atoms with E-state index in [1.54, 1.807) is 18.8 Å². The van der Waals surface area contributed by atoms with Gasteiger partial charge >= 0.3 is 0 Å². The van der Waals surface area contributed by atoms with Gasteiger partial charge in [-0.05, 0) is 18.4 Å². The first-order valence-electron chi connectivity index (χ1n) is 4.09. The van der Waals surface area contributed by atoms with Gasteiger partial charge in [0.1, 0.15) is 6.04 Å². The van der Waals surface area contributed by atoms with Gasteiger partial charge in [-0.3, -0.25) is 9.59 Å². The number of likely N-dealkylation sites (N-methyl/N-ethyl adjacent to an activating group) is 1. The van der Waals surface area contributed by atoms with Crippen molar-refractivity contribution in [2.24, 2.45) is 0 Å². The zero-order valence-corrected chi connectivity index (χ0v) is 9.03. The number of nitrogens with one attached hydrogen (secondary N) is 2. The molecule has 5 heteroatoms. The standard InChI is InChI=1S/C8H16N2O2S/c1-6(11)10-7(4-5-13-3)8(12)9-2/h7H,4-5H2,1-3H3,(H,9,12)(H,10,11). The summed E-state index contributed by atoms with van der Waals surface area (Å²) in [7, 11) is 1.57. The van der Waals surface area contributed by atoms with Gasteiger partial charge in [0.2, 0.25) is 11.8 Å². The van der Waals surface area contributed by atoms with Gasteiger partial charge in [-0.1, -0.05) is 0 Å². The predicted octanol–water partition coefficient (Wildman–Crippen LogP) is -0.00980. The number of carbonyl (C=O) groups excluding carboxylic acids is 2. The molecule has 0 radical (unpaired) electrons. The minimum Gasteiger partial charge on any atom is -0.357 e. The first-order valence-corrected chi connectivity index (χ1v) is 5.48. The molecule has 4 nitrogen and oxygen atoms in total. The second kappa shape index (κ2) is 6.77. The largest absolute Gasteiger partial charge is 0.357 e. The van der Waals surface area contributed by atoms with Crippen LogP contribution in [0.3, 0.4) is 0 Å². The molecule has 13 heavy (non-hydrogen) atoms. The Morgan fingerprint density at radius 2 is 2.08 bits per heavy atom. The van der Waals surface area contributed by atoms with Crippen LogP contribution in [0, 0.1) is 0 Å². The molecule has 0 aliphatic rings. The zero-order valence-electron chi connectivity index (χ0n) is 8.22. The van der Waals surface area contributed by atoms with Gasteiger partial charge in [0.05, 0.1) is 0 Å². The lowest BCUT2D eigenvalue weighted by atomic mass is 10.2. The fourth-order valence-electron chi connectivity index (χ4n) is 0.924. The van der Waals surface area contributed by atoms with Crippen LogP contribution in [0.4, 0.5) is 0 Å². The Morgan fingerprint density at radius 1 is 1.46 bits per heavy atom. The van der Waals surface area contributed by atoms with Crippen molar-refractivity contribution in [1.29, 1.82) is 0 Å². The lowest BCUT2D eigenvalue weighted by molar-refractivity contribution is -0.127. The molecule has 0 spiro atoms. The van der Waals surface area contributed by atoms with E-state index in [9.17, 15) is 9.59 Å². The molecule has 0 heterocycles. The van der Waals surface area contributed by atoms with Gasteiger partial charge in [0, 0.05) is 14.0 Å². The number of rotatable bonds is 5. The topological polar surface area (TPSA) is 58.2 Å². The van der Waals surface area contributed by atoms with Crippen LogP contribution >= 0.6 is 11.8 Å². The van der Waals surface area contributed by atoms with Gasteiger partial charge in [-0.25, -0.2) is 0 Å². The highest BCUT2D eigenvalue weighted by molar-refractivity contribution is 7.98. The minimum absolute atomic E-state index is 0.135. The van der Waals surface area contributed by atoms with Gasteiger partial charge in [-0.15, -0.1) is 0 Å².